The Morgan fingerprint density at radius 3 is 2.71 bits per heavy atom. The summed E-state index contributed by atoms with van der Waals surface area (Å²) in [6, 6.07) is 7.60. The minimum absolute atomic E-state index is 0.0584. The zero-order chi connectivity index (χ0) is 15.1. The molecule has 4 heteroatoms. The van der Waals surface area contributed by atoms with Crippen molar-refractivity contribution in [3.05, 3.63) is 52.8 Å². The molecule has 1 aliphatic rings. The van der Waals surface area contributed by atoms with E-state index in [1.54, 1.807) is 24.9 Å². The second-order valence-corrected chi connectivity index (χ2v) is 5.81. The van der Waals surface area contributed by atoms with E-state index < -0.39 is 5.92 Å². The van der Waals surface area contributed by atoms with Crippen molar-refractivity contribution in [1.82, 2.24) is 9.78 Å². The third kappa shape index (κ3) is 2.20. The van der Waals surface area contributed by atoms with E-state index in [0.29, 0.717) is 23.2 Å². The van der Waals surface area contributed by atoms with Gasteiger partial charge < -0.3 is 0 Å². The molecule has 3 rings (SSSR count). The van der Waals surface area contributed by atoms with Crippen molar-refractivity contribution in [3.63, 3.8) is 0 Å². The molecule has 0 amide bonds. The second-order valence-electron chi connectivity index (χ2n) is 5.81. The number of rotatable bonds is 2. The topological polar surface area (TPSA) is 52.0 Å². The Labute approximate surface area is 123 Å². The average Bonchev–Trinajstić information content (AvgIpc) is 2.81. The molecule has 4 nitrogen and oxygen atoms in total. The molecule has 1 aliphatic carbocycles. The normalized spacial score (nSPS) is 21.2. The van der Waals surface area contributed by atoms with Gasteiger partial charge in [0.1, 0.15) is 0 Å². The van der Waals surface area contributed by atoms with Gasteiger partial charge in [0.25, 0.3) is 0 Å². The summed E-state index contributed by atoms with van der Waals surface area (Å²) in [5.74, 6) is -0.536. The maximum absolute atomic E-state index is 12.7. The first-order valence-electron chi connectivity index (χ1n) is 7.16. The second kappa shape index (κ2) is 4.95. The fourth-order valence-corrected chi connectivity index (χ4v) is 3.18. The number of hydrogen-bond acceptors (Lipinski definition) is 3. The summed E-state index contributed by atoms with van der Waals surface area (Å²) in [5, 5.41) is 4.20. The number of nitrogens with zero attached hydrogens (tertiary/aromatic N) is 2. The van der Waals surface area contributed by atoms with Gasteiger partial charge >= 0.3 is 0 Å². The molecule has 2 aromatic rings. The van der Waals surface area contributed by atoms with E-state index in [1.807, 2.05) is 24.3 Å². The predicted octanol–water partition coefficient (Wildman–Crippen LogP) is 2.92. The molecule has 2 unspecified atom stereocenters. The van der Waals surface area contributed by atoms with Crippen LogP contribution in [0.15, 0.2) is 30.5 Å². The maximum atomic E-state index is 12.7. The maximum Gasteiger partial charge on any atom is 0.177 e. The zero-order valence-corrected chi connectivity index (χ0v) is 12.5. The molecular weight excluding hydrogens is 264 g/mol. The standard InChI is InChI=1S/C17H18N2O2/c1-10-8-14(16(20)13-7-5-4-6-12(10)13)17(21)15-9-19(3)18-11(15)2/h4-7,9-10,14H,8H2,1-3H3. The van der Waals surface area contributed by atoms with Crippen LogP contribution in [0.25, 0.3) is 0 Å². The molecule has 108 valence electrons. The number of aromatic nitrogens is 2. The van der Waals surface area contributed by atoms with Crippen LogP contribution in [0.1, 0.15) is 51.2 Å². The van der Waals surface area contributed by atoms with E-state index in [9.17, 15) is 9.59 Å². The molecule has 2 atom stereocenters. The Bertz CT molecular complexity index is 730. The van der Waals surface area contributed by atoms with Gasteiger partial charge in [0.15, 0.2) is 11.6 Å². The Morgan fingerprint density at radius 1 is 1.33 bits per heavy atom. The number of fused-ring (bicyclic) bond motifs is 1. The summed E-state index contributed by atoms with van der Waals surface area (Å²) in [6.45, 7) is 3.87. The third-order valence-corrected chi connectivity index (χ3v) is 4.26. The van der Waals surface area contributed by atoms with E-state index in [2.05, 4.69) is 12.0 Å². The number of carbonyl (C=O) groups excluding carboxylic acids is 2. The summed E-state index contributed by atoms with van der Waals surface area (Å²) in [4.78, 5) is 25.4. The molecule has 21 heavy (non-hydrogen) atoms. The molecule has 1 aromatic carbocycles. The molecule has 0 aliphatic heterocycles. The van der Waals surface area contributed by atoms with E-state index in [4.69, 9.17) is 0 Å². The van der Waals surface area contributed by atoms with E-state index in [1.165, 1.54) is 0 Å². The Kier molecular flexibility index (Phi) is 3.24. The highest BCUT2D eigenvalue weighted by Gasteiger charge is 2.37. The molecule has 1 aromatic heterocycles. The van der Waals surface area contributed by atoms with E-state index in [0.717, 1.165) is 5.56 Å². The number of Topliss-reactive ketones (excluding diaryl/α,β-unsaturated/α-hetero) is 2. The summed E-state index contributed by atoms with van der Waals surface area (Å²) in [7, 11) is 1.78. The molecule has 0 saturated carbocycles. The minimum Gasteiger partial charge on any atom is -0.293 e. The van der Waals surface area contributed by atoms with Crippen molar-refractivity contribution in [1.29, 1.82) is 0 Å². The number of aryl methyl sites for hydroxylation is 2. The van der Waals surface area contributed by atoms with Crippen molar-refractivity contribution in [3.8, 4) is 0 Å². The zero-order valence-electron chi connectivity index (χ0n) is 12.5. The first kappa shape index (κ1) is 13.7. The van der Waals surface area contributed by atoms with Gasteiger partial charge in [-0.2, -0.15) is 5.10 Å². The monoisotopic (exact) mass is 282 g/mol. The lowest BCUT2D eigenvalue weighted by Gasteiger charge is -2.27. The van der Waals surface area contributed by atoms with Crippen LogP contribution >= 0.6 is 0 Å². The smallest absolute Gasteiger partial charge is 0.177 e. The van der Waals surface area contributed by atoms with Crippen LogP contribution in [0.3, 0.4) is 0 Å². The Morgan fingerprint density at radius 2 is 2.05 bits per heavy atom. The highest BCUT2D eigenvalue weighted by atomic mass is 16.2. The first-order valence-corrected chi connectivity index (χ1v) is 7.16. The number of ketones is 2. The lowest BCUT2D eigenvalue weighted by Crippen LogP contribution is -2.31. The number of benzene rings is 1. The summed E-state index contributed by atoms with van der Waals surface area (Å²) < 4.78 is 1.62. The van der Waals surface area contributed by atoms with Crippen molar-refractivity contribution in [2.24, 2.45) is 13.0 Å². The van der Waals surface area contributed by atoms with Crippen LogP contribution in [-0.4, -0.2) is 21.3 Å². The van der Waals surface area contributed by atoms with Gasteiger partial charge in [0.2, 0.25) is 0 Å². The quantitative estimate of drug-likeness (QED) is 0.628. The van der Waals surface area contributed by atoms with E-state index in [-0.39, 0.29) is 17.5 Å². The lowest BCUT2D eigenvalue weighted by molar-refractivity contribution is 0.0782. The van der Waals surface area contributed by atoms with Gasteiger partial charge in [-0.1, -0.05) is 31.2 Å². The van der Waals surface area contributed by atoms with Crippen LogP contribution in [0.2, 0.25) is 0 Å². The van der Waals surface area contributed by atoms with Crippen LogP contribution < -0.4 is 0 Å². The summed E-state index contributed by atoms with van der Waals surface area (Å²) in [6.07, 6.45) is 2.28. The van der Waals surface area contributed by atoms with Crippen molar-refractivity contribution in [2.75, 3.05) is 0 Å². The van der Waals surface area contributed by atoms with Crippen molar-refractivity contribution < 1.29 is 9.59 Å². The van der Waals surface area contributed by atoms with Crippen molar-refractivity contribution in [2.45, 2.75) is 26.2 Å². The Hall–Kier alpha value is -2.23. The van der Waals surface area contributed by atoms with Gasteiger partial charge in [-0.3, -0.25) is 14.3 Å². The van der Waals surface area contributed by atoms with Gasteiger partial charge in [-0.25, -0.2) is 0 Å². The molecule has 0 radical (unpaired) electrons. The van der Waals surface area contributed by atoms with Crippen molar-refractivity contribution >= 4 is 11.6 Å². The molecule has 0 saturated heterocycles. The third-order valence-electron chi connectivity index (χ3n) is 4.26. The lowest BCUT2D eigenvalue weighted by atomic mass is 9.74. The van der Waals surface area contributed by atoms with E-state index >= 15 is 0 Å². The highest BCUT2D eigenvalue weighted by molar-refractivity contribution is 6.17. The van der Waals surface area contributed by atoms with Gasteiger partial charge in [-0.05, 0) is 24.8 Å². The number of carbonyl (C=O) groups is 2. The predicted molar refractivity (Wildman–Crippen MR) is 79.6 cm³/mol. The highest BCUT2D eigenvalue weighted by Crippen LogP contribution is 2.36. The van der Waals surface area contributed by atoms with Gasteiger partial charge in [0, 0.05) is 18.8 Å². The van der Waals surface area contributed by atoms with Gasteiger partial charge in [-0.15, -0.1) is 0 Å². The minimum atomic E-state index is -0.585. The van der Waals surface area contributed by atoms with Crippen LogP contribution in [0.4, 0.5) is 0 Å². The van der Waals surface area contributed by atoms with Crippen LogP contribution in [-0.2, 0) is 7.05 Å². The summed E-state index contributed by atoms with van der Waals surface area (Å²) in [5.41, 5.74) is 2.98. The molecule has 1 heterocycles. The molecule has 0 fully saturated rings. The fourth-order valence-electron chi connectivity index (χ4n) is 3.18. The first-order chi connectivity index (χ1) is 9.99. The van der Waals surface area contributed by atoms with Crippen LogP contribution in [0.5, 0.6) is 0 Å². The van der Waals surface area contributed by atoms with Gasteiger partial charge in [0.05, 0.1) is 17.2 Å². The average molecular weight is 282 g/mol. The molecular formula is C17H18N2O2. The molecule has 0 spiro atoms. The summed E-state index contributed by atoms with van der Waals surface area (Å²) >= 11 is 0. The molecule has 0 bridgehead atoms. The number of hydrogen-bond donors (Lipinski definition) is 0. The fraction of sp³-hybridized carbons (Fsp3) is 0.353. The Balaban J connectivity index is 2.00. The largest absolute Gasteiger partial charge is 0.293 e. The molecule has 0 N–H and O–H groups in total. The SMILES string of the molecule is Cc1nn(C)cc1C(=O)C1CC(C)c2ccccc2C1=O. The van der Waals surface area contributed by atoms with Crippen LogP contribution in [0, 0.1) is 12.8 Å².